The highest BCUT2D eigenvalue weighted by atomic mass is 32.1. The Morgan fingerprint density at radius 1 is 1.57 bits per heavy atom. The highest BCUT2D eigenvalue weighted by Crippen LogP contribution is 2.20. The molecule has 2 atom stereocenters. The smallest absolute Gasteiger partial charge is 0.0242 e. The zero-order valence-corrected chi connectivity index (χ0v) is 9.68. The van der Waals surface area contributed by atoms with Crippen molar-refractivity contribution in [2.24, 2.45) is 11.7 Å². The van der Waals surface area contributed by atoms with Crippen LogP contribution < -0.4 is 5.73 Å². The normalized spacial score (nSPS) is 28.5. The van der Waals surface area contributed by atoms with Gasteiger partial charge in [0.15, 0.2) is 0 Å². The molecule has 2 rings (SSSR count). The van der Waals surface area contributed by atoms with Gasteiger partial charge >= 0.3 is 0 Å². The standard InChI is InChI=1S/C11H18N2S/c1-8-4-13(6-11(8)12)5-10-3-9(2)14-7-10/h3,7-8,11H,4-6,12H2,1-2H3. The highest BCUT2D eigenvalue weighted by molar-refractivity contribution is 7.10. The Kier molecular flexibility index (Phi) is 2.91. The van der Waals surface area contributed by atoms with Gasteiger partial charge in [0, 0.05) is 30.6 Å². The molecule has 0 bridgehead atoms. The van der Waals surface area contributed by atoms with Crippen LogP contribution in [-0.2, 0) is 6.54 Å². The monoisotopic (exact) mass is 210 g/mol. The summed E-state index contributed by atoms with van der Waals surface area (Å²) >= 11 is 1.83. The Labute approximate surface area is 89.7 Å². The van der Waals surface area contributed by atoms with Crippen LogP contribution in [0.4, 0.5) is 0 Å². The van der Waals surface area contributed by atoms with Crippen molar-refractivity contribution >= 4 is 11.3 Å². The molecule has 2 heterocycles. The fourth-order valence-electron chi connectivity index (χ4n) is 2.06. The number of likely N-dealkylation sites (tertiary alicyclic amines) is 1. The first-order chi connectivity index (χ1) is 6.65. The Hall–Kier alpha value is -0.380. The molecule has 1 aliphatic rings. The lowest BCUT2D eigenvalue weighted by molar-refractivity contribution is 0.319. The second kappa shape index (κ2) is 4.01. The number of hydrogen-bond donors (Lipinski definition) is 1. The fraction of sp³-hybridized carbons (Fsp3) is 0.636. The Balaban J connectivity index is 1.93. The Morgan fingerprint density at radius 2 is 2.36 bits per heavy atom. The average Bonchev–Trinajstić information content (AvgIpc) is 2.62. The van der Waals surface area contributed by atoms with Gasteiger partial charge < -0.3 is 5.73 Å². The number of nitrogens with two attached hydrogens (primary N) is 1. The second-order valence-electron chi connectivity index (χ2n) is 4.40. The molecule has 3 heteroatoms. The van der Waals surface area contributed by atoms with Crippen molar-refractivity contribution in [2.75, 3.05) is 13.1 Å². The lowest BCUT2D eigenvalue weighted by Crippen LogP contribution is -2.28. The summed E-state index contributed by atoms with van der Waals surface area (Å²) in [6.45, 7) is 7.67. The third-order valence-electron chi connectivity index (χ3n) is 2.94. The van der Waals surface area contributed by atoms with Crippen molar-refractivity contribution in [3.8, 4) is 0 Å². The molecule has 0 radical (unpaired) electrons. The van der Waals surface area contributed by atoms with Crippen LogP contribution in [0.1, 0.15) is 17.4 Å². The maximum absolute atomic E-state index is 5.99. The van der Waals surface area contributed by atoms with E-state index in [4.69, 9.17) is 5.73 Å². The quantitative estimate of drug-likeness (QED) is 0.807. The number of aryl methyl sites for hydroxylation is 1. The summed E-state index contributed by atoms with van der Waals surface area (Å²) in [5.74, 6) is 0.648. The molecule has 0 saturated carbocycles. The van der Waals surface area contributed by atoms with Crippen LogP contribution in [0.25, 0.3) is 0 Å². The van der Waals surface area contributed by atoms with Gasteiger partial charge in [0.1, 0.15) is 0 Å². The van der Waals surface area contributed by atoms with Gasteiger partial charge in [-0.05, 0) is 29.9 Å². The summed E-state index contributed by atoms with van der Waals surface area (Å²) in [7, 11) is 0. The van der Waals surface area contributed by atoms with E-state index >= 15 is 0 Å². The Bertz CT molecular complexity index is 298. The van der Waals surface area contributed by atoms with E-state index in [2.05, 4.69) is 30.2 Å². The van der Waals surface area contributed by atoms with Gasteiger partial charge in [0.2, 0.25) is 0 Å². The largest absolute Gasteiger partial charge is 0.326 e. The van der Waals surface area contributed by atoms with Crippen LogP contribution in [0, 0.1) is 12.8 Å². The molecule has 14 heavy (non-hydrogen) atoms. The zero-order valence-electron chi connectivity index (χ0n) is 8.86. The van der Waals surface area contributed by atoms with Crippen LogP contribution in [0.15, 0.2) is 11.4 Å². The summed E-state index contributed by atoms with van der Waals surface area (Å²) in [5, 5.41) is 2.25. The van der Waals surface area contributed by atoms with Crippen molar-refractivity contribution in [1.29, 1.82) is 0 Å². The molecule has 2 nitrogen and oxygen atoms in total. The number of hydrogen-bond acceptors (Lipinski definition) is 3. The van der Waals surface area contributed by atoms with Crippen molar-refractivity contribution in [1.82, 2.24) is 4.90 Å². The van der Waals surface area contributed by atoms with Gasteiger partial charge in [-0.15, -0.1) is 11.3 Å². The molecular formula is C11H18N2S. The first kappa shape index (κ1) is 10.1. The van der Waals surface area contributed by atoms with Gasteiger partial charge in [-0.25, -0.2) is 0 Å². The SMILES string of the molecule is Cc1cc(CN2CC(C)C(N)C2)cs1. The average molecular weight is 210 g/mol. The molecule has 1 aromatic rings. The molecular weight excluding hydrogens is 192 g/mol. The second-order valence-corrected chi connectivity index (χ2v) is 5.52. The molecule has 0 aromatic carbocycles. The molecule has 2 N–H and O–H groups in total. The predicted molar refractivity (Wildman–Crippen MR) is 61.5 cm³/mol. The summed E-state index contributed by atoms with van der Waals surface area (Å²) in [5.41, 5.74) is 7.43. The van der Waals surface area contributed by atoms with E-state index in [1.165, 1.54) is 10.4 Å². The molecule has 1 fully saturated rings. The predicted octanol–water partition coefficient (Wildman–Crippen LogP) is 1.84. The first-order valence-electron chi connectivity index (χ1n) is 5.17. The van der Waals surface area contributed by atoms with E-state index in [1.807, 2.05) is 11.3 Å². The zero-order chi connectivity index (χ0) is 10.1. The third kappa shape index (κ3) is 2.16. The van der Waals surface area contributed by atoms with E-state index in [-0.39, 0.29) is 0 Å². The van der Waals surface area contributed by atoms with Gasteiger partial charge in [-0.1, -0.05) is 6.92 Å². The van der Waals surface area contributed by atoms with Crippen molar-refractivity contribution in [3.05, 3.63) is 21.9 Å². The molecule has 1 saturated heterocycles. The van der Waals surface area contributed by atoms with Crippen molar-refractivity contribution in [2.45, 2.75) is 26.4 Å². The number of rotatable bonds is 2. The lowest BCUT2D eigenvalue weighted by atomic mass is 10.1. The van der Waals surface area contributed by atoms with E-state index in [1.54, 1.807) is 0 Å². The number of thiophene rings is 1. The highest BCUT2D eigenvalue weighted by Gasteiger charge is 2.26. The van der Waals surface area contributed by atoms with Crippen LogP contribution in [-0.4, -0.2) is 24.0 Å². The van der Waals surface area contributed by atoms with Crippen LogP contribution in [0.3, 0.4) is 0 Å². The summed E-state index contributed by atoms with van der Waals surface area (Å²) in [6, 6.07) is 2.65. The summed E-state index contributed by atoms with van der Waals surface area (Å²) < 4.78 is 0. The van der Waals surface area contributed by atoms with E-state index < -0.39 is 0 Å². The van der Waals surface area contributed by atoms with Crippen LogP contribution >= 0.6 is 11.3 Å². The third-order valence-corrected chi connectivity index (χ3v) is 3.85. The maximum atomic E-state index is 5.99. The van der Waals surface area contributed by atoms with E-state index in [0.29, 0.717) is 12.0 Å². The topological polar surface area (TPSA) is 29.3 Å². The van der Waals surface area contributed by atoms with Crippen LogP contribution in [0.5, 0.6) is 0 Å². The molecule has 0 spiro atoms. The lowest BCUT2D eigenvalue weighted by Gasteiger charge is -2.13. The molecule has 2 unspecified atom stereocenters. The molecule has 1 aliphatic heterocycles. The van der Waals surface area contributed by atoms with E-state index in [0.717, 1.165) is 19.6 Å². The van der Waals surface area contributed by atoms with Crippen molar-refractivity contribution < 1.29 is 0 Å². The van der Waals surface area contributed by atoms with Crippen LogP contribution in [0.2, 0.25) is 0 Å². The maximum Gasteiger partial charge on any atom is 0.0242 e. The molecule has 78 valence electrons. The summed E-state index contributed by atoms with van der Waals surface area (Å²) in [6.07, 6.45) is 0. The van der Waals surface area contributed by atoms with Gasteiger partial charge in [0.05, 0.1) is 0 Å². The minimum absolute atomic E-state index is 0.370. The Morgan fingerprint density at radius 3 is 2.86 bits per heavy atom. The van der Waals surface area contributed by atoms with Crippen molar-refractivity contribution in [3.63, 3.8) is 0 Å². The minimum Gasteiger partial charge on any atom is -0.326 e. The summed E-state index contributed by atoms with van der Waals surface area (Å²) in [4.78, 5) is 3.85. The van der Waals surface area contributed by atoms with E-state index in [9.17, 15) is 0 Å². The van der Waals surface area contributed by atoms with Gasteiger partial charge in [-0.3, -0.25) is 4.90 Å². The molecule has 1 aromatic heterocycles. The minimum atomic E-state index is 0.370. The first-order valence-corrected chi connectivity index (χ1v) is 6.05. The molecule has 0 aliphatic carbocycles. The molecule has 0 amide bonds. The van der Waals surface area contributed by atoms with Gasteiger partial charge in [0.25, 0.3) is 0 Å². The fourth-order valence-corrected chi connectivity index (χ4v) is 2.76. The van der Waals surface area contributed by atoms with Gasteiger partial charge in [-0.2, -0.15) is 0 Å². The number of nitrogens with zero attached hydrogens (tertiary/aromatic N) is 1.